The van der Waals surface area contributed by atoms with Crippen LogP contribution in [0.4, 0.5) is 4.39 Å². The predicted octanol–water partition coefficient (Wildman–Crippen LogP) is 0.0222. The van der Waals surface area contributed by atoms with Gasteiger partial charge in [-0.15, -0.1) is 0 Å². The quantitative estimate of drug-likeness (QED) is 0.644. The Kier molecular flexibility index (Phi) is 1.81. The highest BCUT2D eigenvalue weighted by atomic mass is 19.1. The van der Waals surface area contributed by atoms with Crippen LogP contribution >= 0.6 is 0 Å². The van der Waals surface area contributed by atoms with Crippen molar-refractivity contribution in [2.75, 3.05) is 26.2 Å². The largest absolute Gasteiger partial charge is 0.342 e. The van der Waals surface area contributed by atoms with E-state index in [2.05, 4.69) is 5.32 Å². The first kappa shape index (κ1) is 8.65. The Morgan fingerprint density at radius 3 is 2.36 bits per heavy atom. The van der Waals surface area contributed by atoms with Crippen LogP contribution in [-0.2, 0) is 4.79 Å². The second-order valence-corrected chi connectivity index (χ2v) is 4.78. The number of nitrogens with zero attached hydrogens (tertiary/aromatic N) is 1. The Morgan fingerprint density at radius 1 is 1.29 bits per heavy atom. The molecule has 1 aliphatic carbocycles. The van der Waals surface area contributed by atoms with Crippen LogP contribution in [0.5, 0.6) is 0 Å². The number of alkyl halides is 1. The van der Waals surface area contributed by atoms with Gasteiger partial charge in [-0.25, -0.2) is 4.39 Å². The predicted molar refractivity (Wildman–Crippen MR) is 49.4 cm³/mol. The summed E-state index contributed by atoms with van der Waals surface area (Å²) < 4.78 is 12.7. The van der Waals surface area contributed by atoms with E-state index in [4.69, 9.17) is 0 Å². The van der Waals surface area contributed by atoms with Crippen LogP contribution in [0.2, 0.25) is 0 Å². The van der Waals surface area contributed by atoms with Crippen molar-refractivity contribution < 1.29 is 9.18 Å². The third-order valence-electron chi connectivity index (χ3n) is 3.73. The van der Waals surface area contributed by atoms with Crippen LogP contribution in [-0.4, -0.2) is 43.2 Å². The molecule has 0 aromatic heterocycles. The van der Waals surface area contributed by atoms with Crippen molar-refractivity contribution in [2.24, 2.45) is 17.8 Å². The monoisotopic (exact) mass is 198 g/mol. The molecule has 1 amide bonds. The highest BCUT2D eigenvalue weighted by Crippen LogP contribution is 2.37. The molecule has 2 aliphatic heterocycles. The van der Waals surface area contributed by atoms with Crippen molar-refractivity contribution in [3.8, 4) is 0 Å². The first-order valence-electron chi connectivity index (χ1n) is 5.39. The number of amides is 1. The molecule has 2 heterocycles. The summed E-state index contributed by atoms with van der Waals surface area (Å²) in [7, 11) is 0. The van der Waals surface area contributed by atoms with Gasteiger partial charge in [-0.05, 0) is 18.3 Å². The number of halogens is 1. The zero-order chi connectivity index (χ0) is 9.71. The molecule has 2 saturated heterocycles. The summed E-state index contributed by atoms with van der Waals surface area (Å²) in [4.78, 5) is 13.6. The minimum atomic E-state index is -0.846. The molecule has 0 bridgehead atoms. The molecule has 0 aromatic rings. The van der Waals surface area contributed by atoms with Gasteiger partial charge in [0.15, 0.2) is 0 Å². The van der Waals surface area contributed by atoms with E-state index in [1.165, 1.54) is 0 Å². The second-order valence-electron chi connectivity index (χ2n) is 4.78. The van der Waals surface area contributed by atoms with Crippen molar-refractivity contribution in [2.45, 2.75) is 12.6 Å². The number of carbonyl (C=O) groups excluding carboxylic acids is 1. The first-order chi connectivity index (χ1) is 6.75. The van der Waals surface area contributed by atoms with Gasteiger partial charge in [0, 0.05) is 26.2 Å². The molecule has 0 spiro atoms. The van der Waals surface area contributed by atoms with E-state index in [0.29, 0.717) is 18.3 Å². The molecule has 3 nitrogen and oxygen atoms in total. The molecule has 14 heavy (non-hydrogen) atoms. The Bertz CT molecular complexity index is 259. The SMILES string of the molecule is O=C([C@@H]1C[C@@H]1F)N1C[C@H]2CNC[C@@H]2C1. The number of hydrogen-bond acceptors (Lipinski definition) is 2. The summed E-state index contributed by atoms with van der Waals surface area (Å²) >= 11 is 0. The summed E-state index contributed by atoms with van der Waals surface area (Å²) in [5.41, 5.74) is 0. The molecule has 3 aliphatic rings. The first-order valence-corrected chi connectivity index (χ1v) is 5.39. The van der Waals surface area contributed by atoms with Crippen LogP contribution in [0.3, 0.4) is 0 Å². The lowest BCUT2D eigenvalue weighted by molar-refractivity contribution is -0.132. The highest BCUT2D eigenvalue weighted by molar-refractivity contribution is 5.82. The summed E-state index contributed by atoms with van der Waals surface area (Å²) in [6, 6.07) is 0. The molecule has 1 saturated carbocycles. The van der Waals surface area contributed by atoms with E-state index in [1.807, 2.05) is 4.90 Å². The molecular formula is C10H15FN2O. The average Bonchev–Trinajstić information content (AvgIpc) is 2.62. The molecule has 0 aromatic carbocycles. The number of fused-ring (bicyclic) bond motifs is 1. The minimum Gasteiger partial charge on any atom is -0.342 e. The molecule has 78 valence electrons. The number of hydrogen-bond donors (Lipinski definition) is 1. The standard InChI is InChI=1S/C10H15FN2O/c11-9-1-8(9)10(14)13-4-6-2-12-3-7(6)5-13/h6-9,12H,1-5H2/t6-,7-,8-,9+/m1/s1. The zero-order valence-electron chi connectivity index (χ0n) is 8.08. The number of carbonyl (C=O) groups is 1. The smallest absolute Gasteiger partial charge is 0.228 e. The highest BCUT2D eigenvalue weighted by Gasteiger charge is 2.48. The average molecular weight is 198 g/mol. The third kappa shape index (κ3) is 1.24. The van der Waals surface area contributed by atoms with Gasteiger partial charge in [-0.3, -0.25) is 4.79 Å². The van der Waals surface area contributed by atoms with E-state index in [-0.39, 0.29) is 11.8 Å². The van der Waals surface area contributed by atoms with Gasteiger partial charge in [0.1, 0.15) is 6.17 Å². The lowest BCUT2D eigenvalue weighted by Crippen LogP contribution is -2.33. The van der Waals surface area contributed by atoms with Crippen LogP contribution in [0.25, 0.3) is 0 Å². The Balaban J connectivity index is 1.62. The van der Waals surface area contributed by atoms with Gasteiger partial charge in [0.2, 0.25) is 5.91 Å². The van der Waals surface area contributed by atoms with Gasteiger partial charge in [-0.1, -0.05) is 0 Å². The fourth-order valence-electron chi connectivity index (χ4n) is 2.69. The molecule has 3 fully saturated rings. The number of rotatable bonds is 1. The van der Waals surface area contributed by atoms with Crippen molar-refractivity contribution in [1.82, 2.24) is 10.2 Å². The number of nitrogens with one attached hydrogen (secondary N) is 1. The zero-order valence-corrected chi connectivity index (χ0v) is 8.08. The van der Waals surface area contributed by atoms with Crippen LogP contribution in [0.15, 0.2) is 0 Å². The maximum absolute atomic E-state index is 12.7. The fraction of sp³-hybridized carbons (Fsp3) is 0.900. The number of likely N-dealkylation sites (tertiary alicyclic amines) is 1. The van der Waals surface area contributed by atoms with Crippen LogP contribution in [0, 0.1) is 17.8 Å². The normalized spacial score (nSPS) is 45.4. The molecule has 4 heteroatoms. The Labute approximate surface area is 82.6 Å². The van der Waals surface area contributed by atoms with Gasteiger partial charge < -0.3 is 10.2 Å². The molecule has 3 rings (SSSR count). The second kappa shape index (κ2) is 2.92. The minimum absolute atomic E-state index is 0.0619. The van der Waals surface area contributed by atoms with Crippen molar-refractivity contribution in [1.29, 1.82) is 0 Å². The maximum Gasteiger partial charge on any atom is 0.228 e. The van der Waals surface area contributed by atoms with Gasteiger partial charge in [0.05, 0.1) is 5.92 Å². The summed E-state index contributed by atoms with van der Waals surface area (Å²) in [5.74, 6) is 1.01. The summed E-state index contributed by atoms with van der Waals surface area (Å²) in [6.45, 7) is 3.75. The van der Waals surface area contributed by atoms with Crippen molar-refractivity contribution in [3.05, 3.63) is 0 Å². The lowest BCUT2D eigenvalue weighted by Gasteiger charge is -2.16. The van der Waals surface area contributed by atoms with Crippen LogP contribution < -0.4 is 5.32 Å². The van der Waals surface area contributed by atoms with Crippen molar-refractivity contribution in [3.63, 3.8) is 0 Å². The van der Waals surface area contributed by atoms with E-state index < -0.39 is 6.17 Å². The summed E-state index contributed by atoms with van der Waals surface area (Å²) in [6.07, 6.45) is -0.385. The third-order valence-corrected chi connectivity index (χ3v) is 3.73. The van der Waals surface area contributed by atoms with E-state index in [9.17, 15) is 9.18 Å². The molecule has 0 radical (unpaired) electrons. The van der Waals surface area contributed by atoms with Gasteiger partial charge in [0.25, 0.3) is 0 Å². The van der Waals surface area contributed by atoms with E-state index >= 15 is 0 Å². The van der Waals surface area contributed by atoms with E-state index in [0.717, 1.165) is 26.2 Å². The maximum atomic E-state index is 12.7. The summed E-state index contributed by atoms with van der Waals surface area (Å²) in [5, 5.41) is 3.33. The van der Waals surface area contributed by atoms with Gasteiger partial charge >= 0.3 is 0 Å². The molecular weight excluding hydrogens is 183 g/mol. The Hall–Kier alpha value is -0.640. The topological polar surface area (TPSA) is 32.3 Å². The fourth-order valence-corrected chi connectivity index (χ4v) is 2.69. The Morgan fingerprint density at radius 2 is 1.86 bits per heavy atom. The lowest BCUT2D eigenvalue weighted by atomic mass is 10.0. The van der Waals surface area contributed by atoms with Gasteiger partial charge in [-0.2, -0.15) is 0 Å². The van der Waals surface area contributed by atoms with Crippen LogP contribution in [0.1, 0.15) is 6.42 Å². The molecule has 4 atom stereocenters. The molecule has 1 N–H and O–H groups in total. The molecule has 0 unspecified atom stereocenters. The van der Waals surface area contributed by atoms with E-state index in [1.54, 1.807) is 0 Å². The van der Waals surface area contributed by atoms with Crippen molar-refractivity contribution >= 4 is 5.91 Å².